The molecule has 0 bridgehead atoms. The smallest absolute Gasteiger partial charge is 0.315 e. The number of urea groups is 1. The minimum atomic E-state index is -0.132. The average Bonchev–Trinajstić information content (AvgIpc) is 2.77. The third-order valence-corrected chi connectivity index (χ3v) is 4.08. The molecule has 1 atom stereocenters. The lowest BCUT2D eigenvalue weighted by Crippen LogP contribution is -2.37. The lowest BCUT2D eigenvalue weighted by atomic mass is 9.99. The Hall–Kier alpha value is -2.36. The zero-order chi connectivity index (χ0) is 15.2. The molecule has 0 saturated heterocycles. The summed E-state index contributed by atoms with van der Waals surface area (Å²) in [6.07, 6.45) is 6.15. The van der Waals surface area contributed by atoms with Gasteiger partial charge in [0.1, 0.15) is 0 Å². The summed E-state index contributed by atoms with van der Waals surface area (Å²) in [7, 11) is 0. The van der Waals surface area contributed by atoms with Crippen molar-refractivity contribution in [2.24, 2.45) is 0 Å². The molecule has 114 valence electrons. The summed E-state index contributed by atoms with van der Waals surface area (Å²) in [5.41, 5.74) is 3.47. The number of aryl methyl sites for hydroxylation is 1. The van der Waals surface area contributed by atoms with Gasteiger partial charge in [-0.05, 0) is 42.5 Å². The highest BCUT2D eigenvalue weighted by Gasteiger charge is 2.19. The Morgan fingerprint density at radius 2 is 2.00 bits per heavy atom. The predicted molar refractivity (Wildman–Crippen MR) is 86.3 cm³/mol. The lowest BCUT2D eigenvalue weighted by molar-refractivity contribution is 0.235. The maximum Gasteiger partial charge on any atom is 0.315 e. The quantitative estimate of drug-likeness (QED) is 0.853. The average molecular weight is 295 g/mol. The molecule has 4 nitrogen and oxygen atoms in total. The van der Waals surface area contributed by atoms with Gasteiger partial charge in [-0.25, -0.2) is 4.79 Å². The van der Waals surface area contributed by atoms with Gasteiger partial charge in [0.15, 0.2) is 0 Å². The second kappa shape index (κ2) is 7.07. The fourth-order valence-electron chi connectivity index (χ4n) is 2.95. The van der Waals surface area contributed by atoms with Crippen LogP contribution < -0.4 is 10.6 Å². The lowest BCUT2D eigenvalue weighted by Gasteiger charge is -2.19. The van der Waals surface area contributed by atoms with Crippen molar-refractivity contribution in [3.63, 3.8) is 0 Å². The summed E-state index contributed by atoms with van der Waals surface area (Å²) in [6.45, 7) is 0.445. The maximum atomic E-state index is 12.2. The van der Waals surface area contributed by atoms with Crippen molar-refractivity contribution in [2.75, 3.05) is 0 Å². The Bertz CT molecular complexity index is 627. The monoisotopic (exact) mass is 295 g/mol. The first-order chi connectivity index (χ1) is 10.8. The van der Waals surface area contributed by atoms with Crippen LogP contribution in [0.5, 0.6) is 0 Å². The zero-order valence-corrected chi connectivity index (χ0v) is 12.6. The van der Waals surface area contributed by atoms with Crippen molar-refractivity contribution < 1.29 is 4.79 Å². The summed E-state index contributed by atoms with van der Waals surface area (Å²) >= 11 is 0. The number of pyridine rings is 1. The molecule has 1 unspecified atom stereocenters. The van der Waals surface area contributed by atoms with Gasteiger partial charge in [-0.15, -0.1) is 0 Å². The van der Waals surface area contributed by atoms with E-state index in [2.05, 4.69) is 33.8 Å². The molecule has 22 heavy (non-hydrogen) atoms. The summed E-state index contributed by atoms with van der Waals surface area (Å²) in [4.78, 5) is 16.4. The Morgan fingerprint density at radius 3 is 2.86 bits per heavy atom. The molecule has 1 heterocycles. The minimum Gasteiger partial charge on any atom is -0.332 e. The van der Waals surface area contributed by atoms with E-state index in [1.54, 1.807) is 6.20 Å². The van der Waals surface area contributed by atoms with Crippen LogP contribution in [0, 0.1) is 0 Å². The second-order valence-electron chi connectivity index (χ2n) is 5.65. The van der Waals surface area contributed by atoms with Crippen molar-refractivity contribution in [3.05, 3.63) is 65.5 Å². The van der Waals surface area contributed by atoms with Gasteiger partial charge in [0.25, 0.3) is 0 Å². The van der Waals surface area contributed by atoms with Crippen molar-refractivity contribution >= 4 is 6.03 Å². The highest BCUT2D eigenvalue weighted by Crippen LogP contribution is 2.28. The van der Waals surface area contributed by atoms with Crippen LogP contribution in [-0.4, -0.2) is 11.0 Å². The van der Waals surface area contributed by atoms with Gasteiger partial charge in [0.2, 0.25) is 0 Å². The summed E-state index contributed by atoms with van der Waals surface area (Å²) < 4.78 is 0. The number of rotatable bonds is 3. The number of carbonyl (C=O) groups is 1. The van der Waals surface area contributed by atoms with Crippen molar-refractivity contribution in [1.29, 1.82) is 0 Å². The van der Waals surface area contributed by atoms with E-state index in [-0.39, 0.29) is 12.1 Å². The summed E-state index contributed by atoms with van der Waals surface area (Å²) in [5.74, 6) is 0. The van der Waals surface area contributed by atoms with E-state index in [9.17, 15) is 4.79 Å². The molecule has 1 aliphatic rings. The zero-order valence-electron chi connectivity index (χ0n) is 12.6. The predicted octanol–water partition coefficient (Wildman–Crippen LogP) is 3.35. The fraction of sp³-hybridized carbons (Fsp3) is 0.333. The topological polar surface area (TPSA) is 54.0 Å². The van der Waals surface area contributed by atoms with E-state index in [1.807, 2.05) is 24.3 Å². The van der Waals surface area contributed by atoms with E-state index >= 15 is 0 Å². The van der Waals surface area contributed by atoms with Crippen LogP contribution in [0.3, 0.4) is 0 Å². The number of nitrogens with one attached hydrogen (secondary N) is 2. The van der Waals surface area contributed by atoms with E-state index < -0.39 is 0 Å². The third-order valence-electron chi connectivity index (χ3n) is 4.08. The molecule has 0 saturated carbocycles. The normalized spacial score (nSPS) is 17.2. The molecule has 1 aromatic heterocycles. The number of fused-ring (bicyclic) bond motifs is 1. The van der Waals surface area contributed by atoms with Gasteiger partial charge in [-0.3, -0.25) is 4.98 Å². The molecule has 2 amide bonds. The SMILES string of the molecule is O=C(NCc1ccccn1)NC1CCCCc2ccccc21. The first-order valence-corrected chi connectivity index (χ1v) is 7.85. The standard InChI is InChI=1S/C18H21N3O/c22-18(20-13-15-9-5-6-12-19-15)21-17-11-4-2-8-14-7-1-3-10-16(14)17/h1,3,5-7,9-10,12,17H,2,4,8,11,13H2,(H2,20,21,22). The highest BCUT2D eigenvalue weighted by atomic mass is 16.2. The van der Waals surface area contributed by atoms with Crippen LogP contribution in [0.2, 0.25) is 0 Å². The first kappa shape index (κ1) is 14.6. The fourth-order valence-corrected chi connectivity index (χ4v) is 2.95. The number of carbonyl (C=O) groups excluding carboxylic acids is 1. The van der Waals surface area contributed by atoms with Gasteiger partial charge >= 0.3 is 6.03 Å². The van der Waals surface area contributed by atoms with Gasteiger partial charge in [0, 0.05) is 6.20 Å². The van der Waals surface area contributed by atoms with E-state index in [0.29, 0.717) is 6.54 Å². The van der Waals surface area contributed by atoms with Crippen LogP contribution >= 0.6 is 0 Å². The highest BCUT2D eigenvalue weighted by molar-refractivity contribution is 5.74. The third kappa shape index (κ3) is 3.64. The van der Waals surface area contributed by atoms with Crippen LogP contribution in [0.25, 0.3) is 0 Å². The van der Waals surface area contributed by atoms with Crippen molar-refractivity contribution in [3.8, 4) is 0 Å². The van der Waals surface area contributed by atoms with Gasteiger partial charge in [-0.2, -0.15) is 0 Å². The van der Waals surface area contributed by atoms with Gasteiger partial charge in [-0.1, -0.05) is 36.8 Å². The largest absolute Gasteiger partial charge is 0.332 e. The van der Waals surface area contributed by atoms with Gasteiger partial charge < -0.3 is 10.6 Å². The molecule has 3 rings (SSSR count). The molecule has 1 aromatic carbocycles. The Kier molecular flexibility index (Phi) is 4.68. The molecule has 0 spiro atoms. The van der Waals surface area contributed by atoms with E-state index in [4.69, 9.17) is 0 Å². The number of amides is 2. The summed E-state index contributed by atoms with van der Waals surface area (Å²) in [6, 6.07) is 14.1. The number of aromatic nitrogens is 1. The Balaban J connectivity index is 1.61. The number of nitrogens with zero attached hydrogens (tertiary/aromatic N) is 1. The summed E-state index contributed by atoms with van der Waals surface area (Å²) in [5, 5.41) is 5.99. The first-order valence-electron chi connectivity index (χ1n) is 7.85. The molecule has 0 fully saturated rings. The Morgan fingerprint density at radius 1 is 1.14 bits per heavy atom. The van der Waals surface area contributed by atoms with Crippen molar-refractivity contribution in [2.45, 2.75) is 38.3 Å². The minimum absolute atomic E-state index is 0.0995. The van der Waals surface area contributed by atoms with Crippen LogP contribution in [0.4, 0.5) is 4.79 Å². The molecule has 0 radical (unpaired) electrons. The molecule has 4 heteroatoms. The molecule has 1 aliphatic carbocycles. The maximum absolute atomic E-state index is 12.2. The van der Waals surface area contributed by atoms with Crippen molar-refractivity contribution in [1.82, 2.24) is 15.6 Å². The molecular weight excluding hydrogens is 274 g/mol. The number of hydrogen-bond donors (Lipinski definition) is 2. The molecule has 0 aliphatic heterocycles. The van der Waals surface area contributed by atoms with E-state index in [0.717, 1.165) is 25.0 Å². The Labute approximate surface area is 131 Å². The number of hydrogen-bond acceptors (Lipinski definition) is 2. The number of benzene rings is 1. The molecule has 2 N–H and O–H groups in total. The molecule has 2 aromatic rings. The van der Waals surface area contributed by atoms with Crippen LogP contribution in [0.1, 0.15) is 42.1 Å². The second-order valence-corrected chi connectivity index (χ2v) is 5.65. The molecular formula is C18H21N3O. The van der Waals surface area contributed by atoms with Crippen LogP contribution in [-0.2, 0) is 13.0 Å². The van der Waals surface area contributed by atoms with Crippen LogP contribution in [0.15, 0.2) is 48.7 Å². The van der Waals surface area contributed by atoms with E-state index in [1.165, 1.54) is 17.5 Å². The van der Waals surface area contributed by atoms with Gasteiger partial charge in [0.05, 0.1) is 18.3 Å².